The molecule has 0 fully saturated rings. The van der Waals surface area contributed by atoms with Crippen molar-refractivity contribution in [2.75, 3.05) is 13.3 Å². The van der Waals surface area contributed by atoms with Crippen LogP contribution in [0.2, 0.25) is 0 Å². The Bertz CT molecular complexity index is 136. The van der Waals surface area contributed by atoms with Gasteiger partial charge in [0.15, 0.2) is 0 Å². The molecule has 66 valence electrons. The van der Waals surface area contributed by atoms with Gasteiger partial charge in [-0.05, 0) is 13.8 Å². The summed E-state index contributed by atoms with van der Waals surface area (Å²) in [4.78, 5) is 14.9. The quantitative estimate of drug-likeness (QED) is 0.424. The van der Waals surface area contributed by atoms with E-state index in [4.69, 9.17) is 16.4 Å². The zero-order valence-corrected chi connectivity index (χ0v) is 6.79. The maximum Gasteiger partial charge on any atom is 0.332 e. The predicted molar refractivity (Wildman–Crippen MR) is 39.1 cm³/mol. The van der Waals surface area contributed by atoms with Gasteiger partial charge in [0, 0.05) is 0 Å². The van der Waals surface area contributed by atoms with Gasteiger partial charge >= 0.3 is 5.97 Å². The molecule has 0 aromatic rings. The fraction of sp³-hybridized carbons (Fsp3) is 0.833. The highest BCUT2D eigenvalue weighted by Crippen LogP contribution is 2.16. The molecule has 0 rings (SSSR count). The van der Waals surface area contributed by atoms with Gasteiger partial charge in [-0.1, -0.05) is 0 Å². The van der Waals surface area contributed by atoms with E-state index in [1.54, 1.807) is 13.8 Å². The number of ether oxygens (including phenoxy) is 1. The number of carbonyl (C=O) groups excluding carboxylic acids is 1. The number of hydrogen-bond acceptors (Lipinski definition) is 5. The van der Waals surface area contributed by atoms with E-state index in [-0.39, 0.29) is 13.3 Å². The van der Waals surface area contributed by atoms with Gasteiger partial charge in [-0.25, -0.2) is 4.79 Å². The molecule has 0 atom stereocenters. The monoisotopic (exact) mass is 162 g/mol. The second kappa shape index (κ2) is 4.27. The van der Waals surface area contributed by atoms with Gasteiger partial charge in [0.2, 0.25) is 0 Å². The molecule has 0 radical (unpaired) electrons. The molecule has 0 saturated heterocycles. The van der Waals surface area contributed by atoms with Crippen molar-refractivity contribution in [1.29, 1.82) is 0 Å². The molecular formula is C6H14N2O3. The second-order valence-corrected chi connectivity index (χ2v) is 2.80. The van der Waals surface area contributed by atoms with Crippen LogP contribution >= 0.6 is 0 Å². The van der Waals surface area contributed by atoms with Crippen molar-refractivity contribution >= 4 is 5.97 Å². The summed E-state index contributed by atoms with van der Waals surface area (Å²) in [6, 6.07) is 0. The van der Waals surface area contributed by atoms with E-state index < -0.39 is 11.4 Å². The van der Waals surface area contributed by atoms with Crippen LogP contribution < -0.4 is 11.6 Å². The highest BCUT2D eigenvalue weighted by atomic mass is 16.7. The average Bonchev–Trinajstić information content (AvgIpc) is 1.99. The Morgan fingerprint density at radius 3 is 2.45 bits per heavy atom. The number of nitrogens with two attached hydrogens (primary N) is 2. The van der Waals surface area contributed by atoms with Crippen LogP contribution in [0.3, 0.4) is 0 Å². The van der Waals surface area contributed by atoms with Crippen LogP contribution in [0.4, 0.5) is 0 Å². The fourth-order valence-electron chi connectivity index (χ4n) is 0.533. The summed E-state index contributed by atoms with van der Waals surface area (Å²) in [5.74, 6) is 4.19. The third-order valence-corrected chi connectivity index (χ3v) is 1.24. The minimum absolute atomic E-state index is 0.0846. The lowest BCUT2D eigenvalue weighted by atomic mass is 9.95. The number of hydrogen-bond donors (Lipinski definition) is 2. The molecule has 0 aliphatic rings. The van der Waals surface area contributed by atoms with Gasteiger partial charge in [0.05, 0.1) is 18.8 Å². The molecule has 0 spiro atoms. The molecule has 5 nitrogen and oxygen atoms in total. The lowest BCUT2D eigenvalue weighted by Gasteiger charge is -2.19. The minimum Gasteiger partial charge on any atom is -0.373 e. The highest BCUT2D eigenvalue weighted by Gasteiger charge is 2.29. The lowest BCUT2D eigenvalue weighted by molar-refractivity contribution is -0.157. The van der Waals surface area contributed by atoms with Crippen molar-refractivity contribution in [1.82, 2.24) is 0 Å². The SMILES string of the molecule is CC(C)(COCN)C(=O)ON. The van der Waals surface area contributed by atoms with Crippen LogP contribution in [0.25, 0.3) is 0 Å². The Balaban J connectivity index is 3.88. The molecule has 11 heavy (non-hydrogen) atoms. The van der Waals surface area contributed by atoms with Gasteiger partial charge in [-0.3, -0.25) is 0 Å². The maximum atomic E-state index is 10.9. The fourth-order valence-corrected chi connectivity index (χ4v) is 0.533. The summed E-state index contributed by atoms with van der Waals surface area (Å²) in [6.07, 6.45) is 0. The molecular weight excluding hydrogens is 148 g/mol. The molecule has 0 aliphatic heterocycles. The third-order valence-electron chi connectivity index (χ3n) is 1.24. The first-order valence-electron chi connectivity index (χ1n) is 3.23. The largest absolute Gasteiger partial charge is 0.373 e. The normalized spacial score (nSPS) is 11.3. The van der Waals surface area contributed by atoms with Crippen LogP contribution in [0.15, 0.2) is 0 Å². The van der Waals surface area contributed by atoms with E-state index in [1.165, 1.54) is 0 Å². The van der Waals surface area contributed by atoms with Crippen molar-refractivity contribution in [3.8, 4) is 0 Å². The van der Waals surface area contributed by atoms with E-state index in [0.717, 1.165) is 0 Å². The van der Waals surface area contributed by atoms with E-state index in [2.05, 4.69) is 4.84 Å². The van der Waals surface area contributed by atoms with Crippen LogP contribution in [-0.4, -0.2) is 19.3 Å². The molecule has 0 unspecified atom stereocenters. The summed E-state index contributed by atoms with van der Waals surface area (Å²) >= 11 is 0. The van der Waals surface area contributed by atoms with Crippen molar-refractivity contribution < 1.29 is 14.4 Å². The molecule has 0 saturated carbocycles. The van der Waals surface area contributed by atoms with Crippen LogP contribution in [0.5, 0.6) is 0 Å². The zero-order chi connectivity index (χ0) is 8.91. The Kier molecular flexibility index (Phi) is 4.02. The van der Waals surface area contributed by atoms with Gasteiger partial charge in [0.25, 0.3) is 0 Å². The molecule has 4 N–H and O–H groups in total. The molecule has 0 aliphatic carbocycles. The second-order valence-electron chi connectivity index (χ2n) is 2.80. The Hall–Kier alpha value is -0.650. The smallest absolute Gasteiger partial charge is 0.332 e. The zero-order valence-electron chi connectivity index (χ0n) is 6.79. The maximum absolute atomic E-state index is 10.9. The van der Waals surface area contributed by atoms with E-state index in [1.807, 2.05) is 0 Å². The third kappa shape index (κ3) is 3.31. The number of rotatable bonds is 4. The first-order valence-corrected chi connectivity index (χ1v) is 3.23. The molecule has 0 aromatic carbocycles. The van der Waals surface area contributed by atoms with Gasteiger partial charge in [0.1, 0.15) is 0 Å². The Labute approximate surface area is 65.6 Å². The van der Waals surface area contributed by atoms with E-state index >= 15 is 0 Å². The molecule has 0 aromatic heterocycles. The summed E-state index contributed by atoms with van der Waals surface area (Å²) in [6.45, 7) is 3.62. The molecule has 0 amide bonds. The Morgan fingerprint density at radius 1 is 1.55 bits per heavy atom. The molecule has 5 heteroatoms. The van der Waals surface area contributed by atoms with E-state index in [9.17, 15) is 4.79 Å². The van der Waals surface area contributed by atoms with E-state index in [0.29, 0.717) is 0 Å². The lowest BCUT2D eigenvalue weighted by Crippen LogP contribution is -2.34. The van der Waals surface area contributed by atoms with Gasteiger partial charge < -0.3 is 15.3 Å². The van der Waals surface area contributed by atoms with Crippen LogP contribution in [0.1, 0.15) is 13.8 Å². The topological polar surface area (TPSA) is 87.6 Å². The highest BCUT2D eigenvalue weighted by molar-refractivity contribution is 5.75. The van der Waals surface area contributed by atoms with Crippen molar-refractivity contribution in [3.05, 3.63) is 0 Å². The van der Waals surface area contributed by atoms with Crippen molar-refractivity contribution in [3.63, 3.8) is 0 Å². The first-order chi connectivity index (χ1) is 5.04. The summed E-state index contributed by atoms with van der Waals surface area (Å²) in [5, 5.41) is 0. The van der Waals surface area contributed by atoms with Crippen molar-refractivity contribution in [2.24, 2.45) is 17.0 Å². The summed E-state index contributed by atoms with van der Waals surface area (Å²) in [5.41, 5.74) is 4.34. The average molecular weight is 162 g/mol. The van der Waals surface area contributed by atoms with Crippen LogP contribution in [0, 0.1) is 5.41 Å². The first kappa shape index (κ1) is 10.3. The molecule has 0 bridgehead atoms. The summed E-state index contributed by atoms with van der Waals surface area (Å²) in [7, 11) is 0. The standard InChI is InChI=1S/C6H14N2O3/c1-6(2,3-10-4-7)5(9)11-8/h3-4,7-8H2,1-2H3. The van der Waals surface area contributed by atoms with Gasteiger partial charge in [-0.15, -0.1) is 0 Å². The summed E-state index contributed by atoms with van der Waals surface area (Å²) < 4.78 is 4.84. The Morgan fingerprint density at radius 2 is 2.09 bits per heavy atom. The number of carbonyl (C=O) groups is 1. The van der Waals surface area contributed by atoms with Crippen molar-refractivity contribution in [2.45, 2.75) is 13.8 Å². The van der Waals surface area contributed by atoms with Crippen LogP contribution in [-0.2, 0) is 14.4 Å². The predicted octanol–water partition coefficient (Wildman–Crippen LogP) is -0.638. The van der Waals surface area contributed by atoms with Gasteiger partial charge in [-0.2, -0.15) is 5.90 Å². The minimum atomic E-state index is -0.728. The molecule has 0 heterocycles.